The van der Waals surface area contributed by atoms with Crippen LogP contribution in [0.4, 0.5) is 11.5 Å². The van der Waals surface area contributed by atoms with E-state index in [1.54, 1.807) is 29.0 Å². The summed E-state index contributed by atoms with van der Waals surface area (Å²) in [5.41, 5.74) is 11.8. The van der Waals surface area contributed by atoms with E-state index in [2.05, 4.69) is 41.0 Å². The zero-order valence-corrected chi connectivity index (χ0v) is 21.4. The number of anilines is 2. The lowest BCUT2D eigenvalue weighted by Gasteiger charge is -2.33. The summed E-state index contributed by atoms with van der Waals surface area (Å²) in [5.74, 6) is 1.70. The maximum Gasteiger partial charge on any atom is 0.350 e. The van der Waals surface area contributed by atoms with Crippen molar-refractivity contribution >= 4 is 23.2 Å². The van der Waals surface area contributed by atoms with Crippen LogP contribution < -0.4 is 27.2 Å². The Hall–Kier alpha value is -3.40. The number of nitrogens with two attached hydrogens (primary N) is 2. The van der Waals surface area contributed by atoms with Gasteiger partial charge < -0.3 is 26.4 Å². The Morgan fingerprint density at radius 1 is 1.22 bits per heavy atom. The Morgan fingerprint density at radius 3 is 2.67 bits per heavy atom. The lowest BCUT2D eigenvalue weighted by molar-refractivity contribution is 0.0966. The summed E-state index contributed by atoms with van der Waals surface area (Å²) < 4.78 is 7.77. The van der Waals surface area contributed by atoms with E-state index in [1.165, 1.54) is 0 Å². The molecule has 0 bridgehead atoms. The highest BCUT2D eigenvalue weighted by molar-refractivity contribution is 5.97. The third kappa shape index (κ3) is 6.42. The molecule has 36 heavy (non-hydrogen) atoms. The van der Waals surface area contributed by atoms with Crippen molar-refractivity contribution in [1.82, 2.24) is 14.5 Å². The van der Waals surface area contributed by atoms with Crippen LogP contribution in [0.3, 0.4) is 0 Å². The molecule has 1 fully saturated rings. The average molecular weight is 496 g/mol. The number of hydrogen-bond donors (Lipinski definition) is 3. The molecule has 2 aliphatic rings. The Balaban J connectivity index is 1.39. The number of piperidine rings is 1. The fraction of sp³-hybridized carbons (Fsp3) is 0.538. The monoisotopic (exact) mass is 495 g/mol. The van der Waals surface area contributed by atoms with E-state index in [0.29, 0.717) is 41.5 Å². The number of aromatic nitrogens is 2. The standard InChI is InChI=1S/C26H37N7O3/c1-26(2,3)10-7-20(34)17-5-6-21-19(15-17)30-23-22(36-21)16-33(25(35)31-23)18-8-13-32(14-9-18)12-4-11-29-24(27)28/h5-6,15-16,18H,4,7-14H2,1-3H3,(H4,27,28,29)(H,30,31,35). The summed E-state index contributed by atoms with van der Waals surface area (Å²) in [5, 5.41) is 3.18. The first kappa shape index (κ1) is 25.7. The van der Waals surface area contributed by atoms with Crippen LogP contribution in [0, 0.1) is 5.41 Å². The van der Waals surface area contributed by atoms with Gasteiger partial charge in [0, 0.05) is 37.7 Å². The summed E-state index contributed by atoms with van der Waals surface area (Å²) in [6, 6.07) is 5.44. The molecular weight excluding hydrogens is 458 g/mol. The third-order valence-electron chi connectivity index (χ3n) is 6.67. The summed E-state index contributed by atoms with van der Waals surface area (Å²) in [4.78, 5) is 36.2. The van der Waals surface area contributed by atoms with Gasteiger partial charge in [-0.2, -0.15) is 4.98 Å². The number of Topliss-reactive ketones (excluding diaryl/α,β-unsaturated/α-hetero) is 1. The topological polar surface area (TPSA) is 141 Å². The van der Waals surface area contributed by atoms with Crippen molar-refractivity contribution in [2.24, 2.45) is 21.9 Å². The Bertz CT molecular complexity index is 1190. The van der Waals surface area contributed by atoms with Gasteiger partial charge in [-0.1, -0.05) is 20.8 Å². The molecule has 0 atom stereocenters. The van der Waals surface area contributed by atoms with E-state index >= 15 is 0 Å². The first-order chi connectivity index (χ1) is 17.1. The van der Waals surface area contributed by atoms with E-state index in [1.807, 2.05) is 0 Å². The highest BCUT2D eigenvalue weighted by atomic mass is 16.5. The fourth-order valence-corrected chi connectivity index (χ4v) is 4.57. The van der Waals surface area contributed by atoms with Gasteiger partial charge in [0.05, 0.1) is 11.9 Å². The predicted octanol–water partition coefficient (Wildman–Crippen LogP) is 3.40. The van der Waals surface area contributed by atoms with Crippen molar-refractivity contribution in [2.75, 3.05) is 31.5 Å². The fourth-order valence-electron chi connectivity index (χ4n) is 4.57. The molecule has 0 radical (unpaired) electrons. The smallest absolute Gasteiger partial charge is 0.350 e. The van der Waals surface area contributed by atoms with Crippen molar-refractivity contribution < 1.29 is 9.53 Å². The van der Waals surface area contributed by atoms with Gasteiger partial charge >= 0.3 is 5.69 Å². The minimum atomic E-state index is -0.308. The molecule has 2 aliphatic heterocycles. The second kappa shape index (κ2) is 10.7. The maximum absolute atomic E-state index is 12.9. The number of hydrogen-bond acceptors (Lipinski definition) is 7. The number of aliphatic imine (C=N–C) groups is 1. The van der Waals surface area contributed by atoms with Crippen LogP contribution in [0.25, 0.3) is 0 Å². The number of carbonyl (C=O) groups excluding carboxylic acids is 1. The molecule has 1 saturated heterocycles. The number of nitrogens with one attached hydrogen (secondary N) is 1. The second-order valence-electron chi connectivity index (χ2n) is 10.8. The summed E-state index contributed by atoms with van der Waals surface area (Å²) in [6.45, 7) is 9.70. The Labute approximate surface area is 211 Å². The molecule has 4 rings (SSSR count). The molecule has 10 heteroatoms. The SMILES string of the molecule is CC(C)(C)CCC(=O)c1ccc2c(c1)Nc1nc(=O)n(C3CCN(CCCN=C(N)N)CC3)cc1O2. The van der Waals surface area contributed by atoms with E-state index in [0.717, 1.165) is 45.3 Å². The molecule has 0 aliphatic carbocycles. The van der Waals surface area contributed by atoms with Gasteiger partial charge in [0.15, 0.2) is 29.1 Å². The van der Waals surface area contributed by atoms with Gasteiger partial charge in [0.2, 0.25) is 0 Å². The van der Waals surface area contributed by atoms with E-state index < -0.39 is 0 Å². The molecule has 1 aromatic carbocycles. The number of benzene rings is 1. The van der Waals surface area contributed by atoms with Gasteiger partial charge in [0.25, 0.3) is 0 Å². The number of likely N-dealkylation sites (tertiary alicyclic amines) is 1. The van der Waals surface area contributed by atoms with Crippen molar-refractivity contribution in [2.45, 2.75) is 58.9 Å². The molecule has 0 unspecified atom stereocenters. The first-order valence-corrected chi connectivity index (χ1v) is 12.6. The van der Waals surface area contributed by atoms with Crippen LogP contribution in [0.1, 0.15) is 69.3 Å². The highest BCUT2D eigenvalue weighted by Crippen LogP contribution is 2.41. The second-order valence-corrected chi connectivity index (χ2v) is 10.8. The first-order valence-electron chi connectivity index (χ1n) is 12.6. The number of fused-ring (bicyclic) bond motifs is 2. The van der Waals surface area contributed by atoms with Gasteiger partial charge in [-0.25, -0.2) is 4.79 Å². The van der Waals surface area contributed by atoms with Crippen LogP contribution in [-0.4, -0.2) is 52.4 Å². The molecule has 194 valence electrons. The molecule has 0 saturated carbocycles. The Kier molecular flexibility index (Phi) is 7.63. The van der Waals surface area contributed by atoms with Gasteiger partial charge in [-0.05, 0) is 55.8 Å². The van der Waals surface area contributed by atoms with Crippen LogP contribution >= 0.6 is 0 Å². The van der Waals surface area contributed by atoms with Crippen molar-refractivity contribution in [1.29, 1.82) is 0 Å². The quantitative estimate of drug-likeness (QED) is 0.187. The number of rotatable bonds is 8. The van der Waals surface area contributed by atoms with Crippen molar-refractivity contribution in [3.8, 4) is 11.5 Å². The number of ether oxygens (including phenoxy) is 1. The maximum atomic E-state index is 12.9. The van der Waals surface area contributed by atoms with Crippen LogP contribution in [0.2, 0.25) is 0 Å². The molecular formula is C26H37N7O3. The molecule has 2 aromatic rings. The lowest BCUT2D eigenvalue weighted by Crippen LogP contribution is -2.38. The van der Waals surface area contributed by atoms with Gasteiger partial charge in [-0.15, -0.1) is 0 Å². The van der Waals surface area contributed by atoms with E-state index in [4.69, 9.17) is 16.2 Å². The minimum absolute atomic E-state index is 0.0667. The van der Waals surface area contributed by atoms with E-state index in [-0.39, 0.29) is 28.9 Å². The summed E-state index contributed by atoms with van der Waals surface area (Å²) in [6.07, 6.45) is 5.65. The molecule has 3 heterocycles. The van der Waals surface area contributed by atoms with E-state index in [9.17, 15) is 9.59 Å². The lowest BCUT2D eigenvalue weighted by atomic mass is 9.88. The molecule has 0 spiro atoms. The summed E-state index contributed by atoms with van der Waals surface area (Å²) >= 11 is 0. The third-order valence-corrected chi connectivity index (χ3v) is 6.67. The van der Waals surface area contributed by atoms with Crippen LogP contribution in [0.15, 0.2) is 34.2 Å². The number of carbonyl (C=O) groups is 1. The number of nitrogens with zero attached hydrogens (tertiary/aromatic N) is 4. The van der Waals surface area contributed by atoms with Crippen LogP contribution in [0.5, 0.6) is 11.5 Å². The van der Waals surface area contributed by atoms with Crippen molar-refractivity contribution in [3.05, 3.63) is 40.4 Å². The molecule has 5 N–H and O–H groups in total. The van der Waals surface area contributed by atoms with Crippen LogP contribution in [-0.2, 0) is 0 Å². The molecule has 10 nitrogen and oxygen atoms in total. The average Bonchev–Trinajstić information content (AvgIpc) is 2.83. The van der Waals surface area contributed by atoms with Crippen molar-refractivity contribution in [3.63, 3.8) is 0 Å². The number of guanidine groups is 1. The molecule has 1 aromatic heterocycles. The van der Waals surface area contributed by atoms with Gasteiger partial charge in [-0.3, -0.25) is 14.4 Å². The largest absolute Gasteiger partial charge is 0.450 e. The summed E-state index contributed by atoms with van der Waals surface area (Å²) in [7, 11) is 0. The molecule has 0 amide bonds. The highest BCUT2D eigenvalue weighted by Gasteiger charge is 2.26. The van der Waals surface area contributed by atoms with Gasteiger partial charge in [0.1, 0.15) is 0 Å². The number of ketones is 1. The zero-order valence-electron chi connectivity index (χ0n) is 21.4. The normalized spacial score (nSPS) is 15.9. The predicted molar refractivity (Wildman–Crippen MR) is 141 cm³/mol. The zero-order chi connectivity index (χ0) is 25.9. The Morgan fingerprint density at radius 2 is 1.97 bits per heavy atom. The minimum Gasteiger partial charge on any atom is -0.450 e.